The van der Waals surface area contributed by atoms with Crippen LogP contribution < -0.4 is 10.1 Å². The van der Waals surface area contributed by atoms with E-state index in [4.69, 9.17) is 21.4 Å². The minimum absolute atomic E-state index is 0.740. The van der Waals surface area contributed by atoms with Crippen molar-refractivity contribution < 1.29 is 4.74 Å². The van der Waals surface area contributed by atoms with Crippen molar-refractivity contribution in [2.75, 3.05) is 19.0 Å². The summed E-state index contributed by atoms with van der Waals surface area (Å²) < 4.78 is 7.29. The molecule has 0 spiro atoms. The number of methoxy groups -OCH3 is 1. The van der Waals surface area contributed by atoms with Crippen LogP contribution in [-0.4, -0.2) is 23.4 Å². The molecule has 0 fully saturated rings. The minimum Gasteiger partial charge on any atom is -0.497 e. The van der Waals surface area contributed by atoms with Gasteiger partial charge in [-0.25, -0.2) is 4.68 Å². The molecule has 0 saturated carbocycles. The summed E-state index contributed by atoms with van der Waals surface area (Å²) in [6.07, 6.45) is 5.36. The zero-order chi connectivity index (χ0) is 18.6. The van der Waals surface area contributed by atoms with Gasteiger partial charge in [0.1, 0.15) is 11.6 Å². The van der Waals surface area contributed by atoms with Gasteiger partial charge in [-0.15, -0.1) is 0 Å². The lowest BCUT2D eigenvalue weighted by atomic mass is 10.0. The smallest absolute Gasteiger partial charge is 0.133 e. The SMILES string of the molecule is COc1ccc(CCc2nn(-c3ccc(Cl)cc3)c3c2CCCCN3)cc1. The van der Waals surface area contributed by atoms with Gasteiger partial charge in [0.05, 0.1) is 18.5 Å². The Hall–Kier alpha value is -2.46. The van der Waals surface area contributed by atoms with Gasteiger partial charge in [-0.2, -0.15) is 5.10 Å². The predicted molar refractivity (Wildman–Crippen MR) is 110 cm³/mol. The lowest BCUT2D eigenvalue weighted by molar-refractivity contribution is 0.414. The summed E-state index contributed by atoms with van der Waals surface area (Å²) in [5.74, 6) is 2.03. The first-order chi connectivity index (χ1) is 13.2. The van der Waals surface area contributed by atoms with Gasteiger partial charge in [0.15, 0.2) is 0 Å². The van der Waals surface area contributed by atoms with Gasteiger partial charge < -0.3 is 10.1 Å². The molecule has 3 aromatic rings. The molecule has 0 aliphatic carbocycles. The lowest BCUT2D eigenvalue weighted by Crippen LogP contribution is -2.07. The molecule has 4 nitrogen and oxygen atoms in total. The minimum atomic E-state index is 0.740. The van der Waals surface area contributed by atoms with Crippen LogP contribution >= 0.6 is 11.6 Å². The van der Waals surface area contributed by atoms with E-state index >= 15 is 0 Å². The predicted octanol–water partition coefficient (Wildman–Crippen LogP) is 5.07. The van der Waals surface area contributed by atoms with E-state index in [-0.39, 0.29) is 0 Å². The summed E-state index contributed by atoms with van der Waals surface area (Å²) in [6, 6.07) is 16.2. The summed E-state index contributed by atoms with van der Waals surface area (Å²) in [5.41, 5.74) is 4.88. The van der Waals surface area contributed by atoms with Crippen LogP contribution in [-0.2, 0) is 19.3 Å². The number of rotatable bonds is 5. The number of hydrogen-bond acceptors (Lipinski definition) is 3. The molecule has 1 aliphatic heterocycles. The molecule has 4 rings (SSSR count). The Kier molecular flexibility index (Phi) is 5.35. The Morgan fingerprint density at radius 2 is 1.81 bits per heavy atom. The maximum Gasteiger partial charge on any atom is 0.133 e. The molecule has 1 aliphatic rings. The second kappa shape index (κ2) is 8.05. The number of halogens is 1. The third kappa shape index (κ3) is 3.96. The number of ether oxygens (including phenoxy) is 1. The van der Waals surface area contributed by atoms with Crippen LogP contribution in [0.2, 0.25) is 5.02 Å². The molecule has 1 aromatic heterocycles. The zero-order valence-electron chi connectivity index (χ0n) is 15.5. The number of hydrogen-bond donors (Lipinski definition) is 1. The van der Waals surface area contributed by atoms with E-state index in [9.17, 15) is 0 Å². The number of benzene rings is 2. The molecule has 140 valence electrons. The van der Waals surface area contributed by atoms with Gasteiger partial charge >= 0.3 is 0 Å². The molecule has 1 N–H and O–H groups in total. The second-order valence-corrected chi connectivity index (χ2v) is 7.33. The highest BCUT2D eigenvalue weighted by Gasteiger charge is 2.20. The summed E-state index contributed by atoms with van der Waals surface area (Å²) in [6.45, 7) is 0.990. The molecule has 2 aromatic carbocycles. The fourth-order valence-electron chi connectivity index (χ4n) is 3.60. The Morgan fingerprint density at radius 3 is 2.56 bits per heavy atom. The van der Waals surface area contributed by atoms with E-state index in [2.05, 4.69) is 17.4 Å². The van der Waals surface area contributed by atoms with Crippen LogP contribution in [0.15, 0.2) is 48.5 Å². The van der Waals surface area contributed by atoms with Crippen molar-refractivity contribution >= 4 is 17.4 Å². The van der Waals surface area contributed by atoms with Crippen LogP contribution in [0.4, 0.5) is 5.82 Å². The lowest BCUT2D eigenvalue weighted by Gasteiger charge is -2.09. The Labute approximate surface area is 165 Å². The van der Waals surface area contributed by atoms with Crippen LogP contribution in [0.1, 0.15) is 29.7 Å². The monoisotopic (exact) mass is 381 g/mol. The number of nitrogens with zero attached hydrogens (tertiary/aromatic N) is 2. The first kappa shape index (κ1) is 17.9. The normalized spacial score (nSPS) is 13.6. The average Bonchev–Trinajstić information content (AvgIpc) is 2.88. The number of anilines is 1. The quantitative estimate of drug-likeness (QED) is 0.670. The third-order valence-corrected chi connectivity index (χ3v) is 5.35. The summed E-state index contributed by atoms with van der Waals surface area (Å²) in [5, 5.41) is 9.30. The van der Waals surface area contributed by atoms with Crippen molar-refractivity contribution in [2.45, 2.75) is 32.1 Å². The maximum atomic E-state index is 6.06. The van der Waals surface area contributed by atoms with Crippen molar-refractivity contribution in [3.05, 3.63) is 70.4 Å². The molecule has 27 heavy (non-hydrogen) atoms. The first-order valence-electron chi connectivity index (χ1n) is 9.48. The summed E-state index contributed by atoms with van der Waals surface area (Å²) in [7, 11) is 1.70. The molecule has 0 atom stereocenters. The Balaban J connectivity index is 1.62. The molecule has 0 bridgehead atoms. The van der Waals surface area contributed by atoms with Crippen LogP contribution in [0.25, 0.3) is 5.69 Å². The fourth-order valence-corrected chi connectivity index (χ4v) is 3.72. The number of aromatic nitrogens is 2. The fraction of sp³-hybridized carbons (Fsp3) is 0.318. The van der Waals surface area contributed by atoms with Gasteiger partial charge in [0.2, 0.25) is 0 Å². The molecule has 2 heterocycles. The van der Waals surface area contributed by atoms with Gasteiger partial charge in [0, 0.05) is 17.1 Å². The highest BCUT2D eigenvalue weighted by atomic mass is 35.5. The van der Waals surface area contributed by atoms with Gasteiger partial charge in [-0.3, -0.25) is 0 Å². The van der Waals surface area contributed by atoms with Crippen LogP contribution in [0, 0.1) is 0 Å². The largest absolute Gasteiger partial charge is 0.497 e. The number of fused-ring (bicyclic) bond motifs is 1. The third-order valence-electron chi connectivity index (χ3n) is 5.09. The highest BCUT2D eigenvalue weighted by molar-refractivity contribution is 6.30. The average molecular weight is 382 g/mol. The van der Waals surface area contributed by atoms with E-state index in [0.717, 1.165) is 48.1 Å². The second-order valence-electron chi connectivity index (χ2n) is 6.89. The van der Waals surface area contributed by atoms with E-state index in [1.807, 2.05) is 41.1 Å². The van der Waals surface area contributed by atoms with E-state index < -0.39 is 0 Å². The molecule has 5 heteroatoms. The Morgan fingerprint density at radius 1 is 1.04 bits per heavy atom. The molecular formula is C22H24ClN3O. The van der Waals surface area contributed by atoms with Crippen molar-refractivity contribution in [3.8, 4) is 11.4 Å². The summed E-state index contributed by atoms with van der Waals surface area (Å²) >= 11 is 6.06. The standard InChI is InChI=1S/C22H24ClN3O/c1-27-19-12-5-16(6-13-19)7-14-21-20-4-2-3-15-24-22(20)26(25-21)18-10-8-17(23)9-11-18/h5-6,8-13,24H,2-4,7,14-15H2,1H3. The summed E-state index contributed by atoms with van der Waals surface area (Å²) in [4.78, 5) is 0. The van der Waals surface area contributed by atoms with E-state index in [1.54, 1.807) is 7.11 Å². The Bertz CT molecular complexity index is 901. The molecule has 0 amide bonds. The topological polar surface area (TPSA) is 39.1 Å². The van der Waals surface area contributed by atoms with E-state index in [0.29, 0.717) is 0 Å². The van der Waals surface area contributed by atoms with Gasteiger partial charge in [0.25, 0.3) is 0 Å². The maximum absolute atomic E-state index is 6.06. The molecule has 0 radical (unpaired) electrons. The van der Waals surface area contributed by atoms with E-state index in [1.165, 1.54) is 29.7 Å². The first-order valence-corrected chi connectivity index (χ1v) is 9.86. The molecular weight excluding hydrogens is 358 g/mol. The van der Waals surface area contributed by atoms with Crippen molar-refractivity contribution in [1.82, 2.24) is 9.78 Å². The highest BCUT2D eigenvalue weighted by Crippen LogP contribution is 2.29. The molecule has 0 saturated heterocycles. The molecule has 0 unspecified atom stereocenters. The van der Waals surface area contributed by atoms with Crippen LogP contribution in [0.3, 0.4) is 0 Å². The number of aryl methyl sites for hydroxylation is 2. The van der Waals surface area contributed by atoms with Crippen LogP contribution in [0.5, 0.6) is 5.75 Å². The van der Waals surface area contributed by atoms with Crippen molar-refractivity contribution in [1.29, 1.82) is 0 Å². The zero-order valence-corrected chi connectivity index (χ0v) is 16.3. The van der Waals surface area contributed by atoms with Crippen molar-refractivity contribution in [2.24, 2.45) is 0 Å². The van der Waals surface area contributed by atoms with Crippen molar-refractivity contribution in [3.63, 3.8) is 0 Å². The van der Waals surface area contributed by atoms with Gasteiger partial charge in [-0.05, 0) is 74.1 Å². The number of nitrogens with one attached hydrogen (secondary N) is 1. The van der Waals surface area contributed by atoms with Gasteiger partial charge in [-0.1, -0.05) is 23.7 Å².